The lowest BCUT2D eigenvalue weighted by Crippen LogP contribution is -2.00. The monoisotopic (exact) mass is 181 g/mol. The number of aryl methyl sites for hydroxylation is 1. The summed E-state index contributed by atoms with van der Waals surface area (Å²) in [6.07, 6.45) is 1.08. The van der Waals surface area contributed by atoms with Gasteiger partial charge in [0.15, 0.2) is 5.78 Å². The van der Waals surface area contributed by atoms with E-state index in [1.807, 2.05) is 17.8 Å². The number of nitrogens with one attached hydrogen (secondary N) is 1. The van der Waals surface area contributed by atoms with E-state index in [4.69, 9.17) is 0 Å². The first-order valence-electron chi connectivity index (χ1n) is 4.07. The molecule has 64 valence electrons. The number of rotatable bonds is 1. The molecule has 0 radical (unpaired) electrons. The third-order valence-electron chi connectivity index (χ3n) is 2.13. The number of hydrogen-bond donors (Lipinski definition) is 1. The number of Topliss-reactive ketones (excluding diaryl/α,β-unsaturated/α-hetero) is 1. The maximum atomic E-state index is 11.0. The van der Waals surface area contributed by atoms with E-state index in [0.29, 0.717) is 0 Å². The van der Waals surface area contributed by atoms with Gasteiger partial charge in [0, 0.05) is 18.4 Å². The molecule has 1 N–H and O–H groups in total. The van der Waals surface area contributed by atoms with Crippen molar-refractivity contribution in [2.24, 2.45) is 0 Å². The predicted molar refractivity (Wildman–Crippen MR) is 50.7 cm³/mol. The van der Waals surface area contributed by atoms with E-state index in [2.05, 4.69) is 4.98 Å². The van der Waals surface area contributed by atoms with Crippen LogP contribution in [0.15, 0.2) is 6.07 Å². The molecule has 2 nitrogen and oxygen atoms in total. The van der Waals surface area contributed by atoms with Crippen LogP contribution in [0.4, 0.5) is 0 Å². The van der Waals surface area contributed by atoms with Crippen LogP contribution >= 0.6 is 11.8 Å². The molecule has 2 heterocycles. The Morgan fingerprint density at radius 3 is 3.17 bits per heavy atom. The number of ketones is 1. The van der Waals surface area contributed by atoms with Crippen LogP contribution in [0.1, 0.15) is 28.7 Å². The molecule has 1 aromatic rings. The van der Waals surface area contributed by atoms with Gasteiger partial charge < -0.3 is 4.98 Å². The number of carbonyl (C=O) groups excluding carboxylic acids is 1. The van der Waals surface area contributed by atoms with Gasteiger partial charge in [-0.15, -0.1) is 0 Å². The summed E-state index contributed by atoms with van der Waals surface area (Å²) >= 11 is 1.93. The van der Waals surface area contributed by atoms with Crippen molar-refractivity contribution in [1.82, 2.24) is 4.98 Å². The van der Waals surface area contributed by atoms with Crippen LogP contribution in [0, 0.1) is 0 Å². The summed E-state index contributed by atoms with van der Waals surface area (Å²) in [7, 11) is 0. The highest BCUT2D eigenvalue weighted by atomic mass is 32.2. The maximum Gasteiger partial charge on any atom is 0.175 e. The van der Waals surface area contributed by atoms with Crippen LogP contribution in [0.25, 0.3) is 0 Å². The van der Waals surface area contributed by atoms with Crippen molar-refractivity contribution in [3.05, 3.63) is 23.0 Å². The molecule has 0 saturated heterocycles. The van der Waals surface area contributed by atoms with Crippen molar-refractivity contribution >= 4 is 17.5 Å². The van der Waals surface area contributed by atoms with Crippen molar-refractivity contribution in [1.29, 1.82) is 0 Å². The van der Waals surface area contributed by atoms with Crippen LogP contribution in [-0.4, -0.2) is 16.5 Å². The van der Waals surface area contributed by atoms with Gasteiger partial charge in [-0.1, -0.05) is 0 Å². The summed E-state index contributed by atoms with van der Waals surface area (Å²) in [5.41, 5.74) is 3.35. The minimum absolute atomic E-state index is 0.134. The topological polar surface area (TPSA) is 32.9 Å². The molecular weight excluding hydrogens is 170 g/mol. The lowest BCUT2D eigenvalue weighted by Gasteiger charge is -2.08. The summed E-state index contributed by atoms with van der Waals surface area (Å²) in [6, 6.07) is 1.99. The first-order chi connectivity index (χ1) is 5.77. The summed E-state index contributed by atoms with van der Waals surface area (Å²) < 4.78 is 0. The van der Waals surface area contributed by atoms with Gasteiger partial charge in [-0.3, -0.25) is 4.79 Å². The van der Waals surface area contributed by atoms with E-state index in [1.165, 1.54) is 17.0 Å². The molecule has 2 rings (SSSR count). The molecule has 12 heavy (non-hydrogen) atoms. The number of thioether (sulfide) groups is 1. The van der Waals surface area contributed by atoms with Crippen LogP contribution in [0.5, 0.6) is 0 Å². The van der Waals surface area contributed by atoms with E-state index in [-0.39, 0.29) is 5.78 Å². The lowest BCUT2D eigenvalue weighted by atomic mass is 10.2. The first kappa shape index (κ1) is 7.92. The lowest BCUT2D eigenvalue weighted by molar-refractivity contribution is 0.101. The fraction of sp³-hybridized carbons (Fsp3) is 0.444. The fourth-order valence-corrected chi connectivity index (χ4v) is 2.41. The van der Waals surface area contributed by atoms with Gasteiger partial charge in [-0.05, 0) is 23.8 Å². The van der Waals surface area contributed by atoms with Crippen molar-refractivity contribution in [3.63, 3.8) is 0 Å². The van der Waals surface area contributed by atoms with E-state index in [1.54, 1.807) is 6.92 Å². The highest BCUT2D eigenvalue weighted by molar-refractivity contribution is 7.98. The van der Waals surface area contributed by atoms with Crippen molar-refractivity contribution in [3.8, 4) is 0 Å². The highest BCUT2D eigenvalue weighted by Crippen LogP contribution is 2.24. The highest BCUT2D eigenvalue weighted by Gasteiger charge is 2.13. The van der Waals surface area contributed by atoms with Crippen LogP contribution in [-0.2, 0) is 12.2 Å². The number of aromatic nitrogens is 1. The smallest absolute Gasteiger partial charge is 0.175 e. The Bertz CT molecular complexity index is 293. The molecule has 1 aliphatic heterocycles. The fourth-order valence-electron chi connectivity index (χ4n) is 1.44. The zero-order valence-electron chi connectivity index (χ0n) is 7.02. The van der Waals surface area contributed by atoms with Gasteiger partial charge in [0.05, 0.1) is 5.69 Å². The van der Waals surface area contributed by atoms with Crippen molar-refractivity contribution < 1.29 is 4.79 Å². The Hall–Kier alpha value is -0.700. The summed E-state index contributed by atoms with van der Waals surface area (Å²) in [6.45, 7) is 1.60. The quantitative estimate of drug-likeness (QED) is 0.672. The largest absolute Gasteiger partial charge is 0.356 e. The van der Waals surface area contributed by atoms with Crippen molar-refractivity contribution in [2.75, 3.05) is 5.75 Å². The molecule has 0 aliphatic carbocycles. The Kier molecular flexibility index (Phi) is 1.97. The van der Waals surface area contributed by atoms with Gasteiger partial charge in [-0.25, -0.2) is 0 Å². The molecule has 0 aromatic carbocycles. The molecule has 0 bridgehead atoms. The van der Waals surface area contributed by atoms with Gasteiger partial charge >= 0.3 is 0 Å². The van der Waals surface area contributed by atoms with Gasteiger partial charge in [-0.2, -0.15) is 11.8 Å². The molecule has 0 fully saturated rings. The number of hydrogen-bond acceptors (Lipinski definition) is 2. The Labute approximate surface area is 75.7 Å². The Morgan fingerprint density at radius 2 is 2.50 bits per heavy atom. The molecule has 1 aliphatic rings. The van der Waals surface area contributed by atoms with Crippen LogP contribution < -0.4 is 0 Å². The number of carbonyl (C=O) groups is 1. The van der Waals surface area contributed by atoms with E-state index >= 15 is 0 Å². The predicted octanol–water partition coefficient (Wildman–Crippen LogP) is 2.01. The Morgan fingerprint density at radius 1 is 1.67 bits per heavy atom. The van der Waals surface area contributed by atoms with Crippen molar-refractivity contribution in [2.45, 2.75) is 19.1 Å². The third-order valence-corrected chi connectivity index (χ3v) is 3.13. The zero-order valence-corrected chi connectivity index (χ0v) is 7.83. The van der Waals surface area contributed by atoms with Gasteiger partial charge in [0.25, 0.3) is 0 Å². The average Bonchev–Trinajstić information content (AvgIpc) is 2.46. The molecule has 0 amide bonds. The number of H-pyrrole nitrogens is 1. The molecule has 3 heteroatoms. The Balaban J connectivity index is 2.38. The number of fused-ring (bicyclic) bond motifs is 1. The van der Waals surface area contributed by atoms with Gasteiger partial charge in [0.1, 0.15) is 0 Å². The summed E-state index contributed by atoms with van der Waals surface area (Å²) in [4.78, 5) is 14.2. The molecule has 1 aromatic heterocycles. The standard InChI is InChI=1S/C9H11NOS/c1-6(11)9-4-7-5-12-3-2-8(7)10-9/h4,10H,2-3,5H2,1H3. The SMILES string of the molecule is CC(=O)c1cc2c([nH]1)CCSC2. The molecule has 0 unspecified atom stereocenters. The second-order valence-electron chi connectivity index (χ2n) is 3.05. The second-order valence-corrected chi connectivity index (χ2v) is 4.15. The average molecular weight is 181 g/mol. The van der Waals surface area contributed by atoms with Crippen LogP contribution in [0.2, 0.25) is 0 Å². The minimum Gasteiger partial charge on any atom is -0.356 e. The minimum atomic E-state index is 0.134. The van der Waals surface area contributed by atoms with Gasteiger partial charge in [0.2, 0.25) is 0 Å². The maximum absolute atomic E-state index is 11.0. The van der Waals surface area contributed by atoms with E-state index in [0.717, 1.165) is 17.9 Å². The molecule has 0 atom stereocenters. The van der Waals surface area contributed by atoms with Crippen LogP contribution in [0.3, 0.4) is 0 Å². The molecule has 0 spiro atoms. The summed E-state index contributed by atoms with van der Waals surface area (Å²) in [5.74, 6) is 2.36. The summed E-state index contributed by atoms with van der Waals surface area (Å²) in [5, 5.41) is 0. The third kappa shape index (κ3) is 1.29. The zero-order chi connectivity index (χ0) is 8.55. The molecular formula is C9H11NOS. The van der Waals surface area contributed by atoms with E-state index in [9.17, 15) is 4.79 Å². The first-order valence-corrected chi connectivity index (χ1v) is 5.22. The molecule has 0 saturated carbocycles. The van der Waals surface area contributed by atoms with E-state index < -0.39 is 0 Å². The number of aromatic amines is 1. The normalized spacial score (nSPS) is 15.8. The second kappa shape index (κ2) is 2.98.